The highest BCUT2D eigenvalue weighted by Crippen LogP contribution is 2.28. The van der Waals surface area contributed by atoms with Crippen LogP contribution in [0.4, 0.5) is 4.39 Å². The Morgan fingerprint density at radius 3 is 2.48 bits per heavy atom. The Morgan fingerprint density at radius 1 is 1.29 bits per heavy atom. The van der Waals surface area contributed by atoms with Crippen molar-refractivity contribution < 1.29 is 22.4 Å². The molecule has 1 aromatic rings. The van der Waals surface area contributed by atoms with Crippen LogP contribution >= 0.6 is 0 Å². The van der Waals surface area contributed by atoms with Gasteiger partial charge < -0.3 is 0 Å². The first-order chi connectivity index (χ1) is 9.56. The summed E-state index contributed by atoms with van der Waals surface area (Å²) in [6, 6.07) is 3.25. The van der Waals surface area contributed by atoms with Crippen molar-refractivity contribution in [3.63, 3.8) is 0 Å². The van der Waals surface area contributed by atoms with E-state index >= 15 is 0 Å². The van der Waals surface area contributed by atoms with E-state index in [2.05, 4.69) is 5.32 Å². The number of sulfonamides is 1. The molecule has 1 aromatic carbocycles. The number of benzene rings is 1. The molecule has 21 heavy (non-hydrogen) atoms. The molecule has 2 amide bonds. The largest absolute Gasteiger partial charge is 0.294 e. The Balaban J connectivity index is 2.56. The molecule has 0 bridgehead atoms. The molecule has 0 unspecified atom stereocenters. The average molecular weight is 314 g/mol. The van der Waals surface area contributed by atoms with E-state index < -0.39 is 39.7 Å². The topological polar surface area (TPSA) is 83.6 Å². The molecule has 1 saturated heterocycles. The van der Waals surface area contributed by atoms with Crippen LogP contribution in [0.15, 0.2) is 23.1 Å². The first-order valence-electron chi connectivity index (χ1n) is 6.20. The molecule has 1 aliphatic heterocycles. The number of nitrogens with zero attached hydrogens (tertiary/aromatic N) is 1. The van der Waals surface area contributed by atoms with Gasteiger partial charge in [-0.2, -0.15) is 4.31 Å². The quantitative estimate of drug-likeness (QED) is 0.809. The predicted molar refractivity (Wildman–Crippen MR) is 72.3 cm³/mol. The second kappa shape index (κ2) is 4.88. The van der Waals surface area contributed by atoms with Crippen molar-refractivity contribution in [2.75, 3.05) is 6.54 Å². The number of halogens is 1. The maximum atomic E-state index is 13.1. The minimum atomic E-state index is -4.10. The van der Waals surface area contributed by atoms with Gasteiger partial charge in [0, 0.05) is 0 Å². The van der Waals surface area contributed by atoms with Gasteiger partial charge in [0.2, 0.25) is 21.8 Å². The lowest BCUT2D eigenvalue weighted by Gasteiger charge is -2.39. The minimum absolute atomic E-state index is 0.125. The van der Waals surface area contributed by atoms with E-state index in [1.54, 1.807) is 0 Å². The van der Waals surface area contributed by atoms with Crippen LogP contribution < -0.4 is 5.32 Å². The van der Waals surface area contributed by atoms with Crippen molar-refractivity contribution in [2.45, 2.75) is 31.2 Å². The highest BCUT2D eigenvalue weighted by atomic mass is 32.2. The summed E-state index contributed by atoms with van der Waals surface area (Å²) in [7, 11) is -4.10. The summed E-state index contributed by atoms with van der Waals surface area (Å²) >= 11 is 0. The Morgan fingerprint density at radius 2 is 1.90 bits per heavy atom. The van der Waals surface area contributed by atoms with Gasteiger partial charge in [0.15, 0.2) is 0 Å². The first-order valence-corrected chi connectivity index (χ1v) is 7.64. The molecule has 1 aliphatic rings. The van der Waals surface area contributed by atoms with E-state index in [9.17, 15) is 22.4 Å². The number of hydrogen-bond donors (Lipinski definition) is 1. The Hall–Kier alpha value is -1.80. The zero-order valence-electron chi connectivity index (χ0n) is 11.8. The van der Waals surface area contributed by atoms with Gasteiger partial charge in [-0.15, -0.1) is 0 Å². The number of amides is 2. The van der Waals surface area contributed by atoms with Crippen LogP contribution in [-0.2, 0) is 19.6 Å². The van der Waals surface area contributed by atoms with Crippen molar-refractivity contribution in [3.05, 3.63) is 29.6 Å². The van der Waals surface area contributed by atoms with Gasteiger partial charge in [-0.1, -0.05) is 0 Å². The highest BCUT2D eigenvalue weighted by Gasteiger charge is 2.47. The SMILES string of the molecule is Cc1cc(F)ccc1S(=O)(=O)N1CC(=O)NC(=O)C1(C)C. The predicted octanol–water partition coefficient (Wildman–Crippen LogP) is 0.560. The van der Waals surface area contributed by atoms with Gasteiger partial charge in [-0.25, -0.2) is 12.8 Å². The molecule has 2 rings (SSSR count). The number of carbonyl (C=O) groups is 2. The second-order valence-corrected chi connectivity index (χ2v) is 7.19. The zero-order valence-corrected chi connectivity index (χ0v) is 12.6. The minimum Gasteiger partial charge on any atom is -0.294 e. The van der Waals surface area contributed by atoms with Crippen LogP contribution in [0, 0.1) is 12.7 Å². The number of imide groups is 1. The lowest BCUT2D eigenvalue weighted by Crippen LogP contribution is -2.65. The van der Waals surface area contributed by atoms with Crippen LogP contribution in [0.2, 0.25) is 0 Å². The van der Waals surface area contributed by atoms with Gasteiger partial charge in [-0.05, 0) is 44.5 Å². The Kier molecular flexibility index (Phi) is 3.63. The van der Waals surface area contributed by atoms with Crippen molar-refractivity contribution in [1.82, 2.24) is 9.62 Å². The third kappa shape index (κ3) is 2.56. The van der Waals surface area contributed by atoms with Crippen molar-refractivity contribution in [3.8, 4) is 0 Å². The lowest BCUT2D eigenvalue weighted by molar-refractivity contribution is -0.141. The molecule has 0 radical (unpaired) electrons. The monoisotopic (exact) mass is 314 g/mol. The normalized spacial score (nSPS) is 19.4. The molecule has 0 saturated carbocycles. The van der Waals surface area contributed by atoms with E-state index in [1.807, 2.05) is 0 Å². The van der Waals surface area contributed by atoms with Crippen molar-refractivity contribution in [2.24, 2.45) is 0 Å². The van der Waals surface area contributed by atoms with E-state index in [1.165, 1.54) is 20.8 Å². The zero-order chi connectivity index (χ0) is 16.0. The molecule has 0 aromatic heterocycles. The molecule has 114 valence electrons. The number of piperazine rings is 1. The standard InChI is InChI=1S/C13H15FN2O4S/c1-8-6-9(14)4-5-10(8)21(19,20)16-7-11(17)15-12(18)13(16,2)3/h4-6H,7H2,1-3H3,(H,15,17,18). The molecule has 0 aliphatic carbocycles. The van der Waals surface area contributed by atoms with Crippen LogP contribution in [0.5, 0.6) is 0 Å². The second-order valence-electron chi connectivity index (χ2n) is 5.36. The summed E-state index contributed by atoms with van der Waals surface area (Å²) in [5.74, 6) is -1.94. The van der Waals surface area contributed by atoms with E-state index in [0.717, 1.165) is 22.5 Å². The fourth-order valence-electron chi connectivity index (χ4n) is 2.17. The summed E-state index contributed by atoms with van der Waals surface area (Å²) in [6.07, 6.45) is 0. The van der Waals surface area contributed by atoms with Crippen LogP contribution in [0.1, 0.15) is 19.4 Å². The molecule has 1 heterocycles. The molecular weight excluding hydrogens is 299 g/mol. The summed E-state index contributed by atoms with van der Waals surface area (Å²) < 4.78 is 39.4. The number of hydrogen-bond acceptors (Lipinski definition) is 4. The molecule has 0 spiro atoms. The molecule has 1 N–H and O–H groups in total. The van der Waals surface area contributed by atoms with Gasteiger partial charge in [0.1, 0.15) is 11.4 Å². The molecule has 1 fully saturated rings. The number of nitrogens with one attached hydrogen (secondary N) is 1. The van der Waals surface area contributed by atoms with Gasteiger partial charge in [0.25, 0.3) is 0 Å². The molecule has 6 nitrogen and oxygen atoms in total. The summed E-state index contributed by atoms with van der Waals surface area (Å²) in [4.78, 5) is 23.2. The maximum Gasteiger partial charge on any atom is 0.247 e. The molecule has 0 atom stereocenters. The fourth-order valence-corrected chi connectivity index (χ4v) is 4.08. The lowest BCUT2D eigenvalue weighted by atomic mass is 10.0. The van der Waals surface area contributed by atoms with Crippen LogP contribution in [0.25, 0.3) is 0 Å². The van der Waals surface area contributed by atoms with E-state index in [4.69, 9.17) is 0 Å². The van der Waals surface area contributed by atoms with Crippen LogP contribution in [-0.4, -0.2) is 36.6 Å². The maximum absolute atomic E-state index is 13.1. The van der Waals surface area contributed by atoms with Gasteiger partial charge in [0.05, 0.1) is 11.4 Å². The number of rotatable bonds is 2. The summed E-state index contributed by atoms with van der Waals surface area (Å²) in [6.45, 7) is 3.81. The average Bonchev–Trinajstić information content (AvgIpc) is 2.33. The third-order valence-electron chi connectivity index (χ3n) is 3.42. The van der Waals surface area contributed by atoms with Gasteiger partial charge in [-0.3, -0.25) is 14.9 Å². The van der Waals surface area contributed by atoms with E-state index in [0.29, 0.717) is 0 Å². The first kappa shape index (κ1) is 15.6. The molecular formula is C13H15FN2O4S. The Bertz CT molecular complexity index is 728. The molecule has 8 heteroatoms. The van der Waals surface area contributed by atoms with Crippen LogP contribution in [0.3, 0.4) is 0 Å². The third-order valence-corrected chi connectivity index (χ3v) is 5.60. The smallest absolute Gasteiger partial charge is 0.247 e. The highest BCUT2D eigenvalue weighted by molar-refractivity contribution is 7.89. The van der Waals surface area contributed by atoms with Crippen molar-refractivity contribution in [1.29, 1.82) is 0 Å². The number of carbonyl (C=O) groups excluding carboxylic acids is 2. The van der Waals surface area contributed by atoms with Crippen molar-refractivity contribution >= 4 is 21.8 Å². The fraction of sp³-hybridized carbons (Fsp3) is 0.385. The Labute approximate surface area is 122 Å². The number of aryl methyl sites for hydroxylation is 1. The van der Waals surface area contributed by atoms with Gasteiger partial charge >= 0.3 is 0 Å². The van der Waals surface area contributed by atoms with E-state index in [-0.39, 0.29) is 10.5 Å². The summed E-state index contributed by atoms with van der Waals surface area (Å²) in [5.41, 5.74) is -1.20. The summed E-state index contributed by atoms with van der Waals surface area (Å²) in [5, 5.41) is 2.10.